The Morgan fingerprint density at radius 1 is 0.619 bits per heavy atom. The van der Waals surface area contributed by atoms with Gasteiger partial charge in [-0.15, -0.1) is 0 Å². The molecule has 0 radical (unpaired) electrons. The second-order valence-electron chi connectivity index (χ2n) is 11.5. The van der Waals surface area contributed by atoms with Crippen LogP contribution >= 0.6 is 0 Å². The summed E-state index contributed by atoms with van der Waals surface area (Å²) in [6.45, 7) is 0. The van der Waals surface area contributed by atoms with Crippen LogP contribution in [0.2, 0.25) is 0 Å². The number of rotatable bonds is 3. The highest BCUT2D eigenvalue weighted by molar-refractivity contribution is 5.98. The van der Waals surface area contributed by atoms with E-state index in [2.05, 4.69) is 102 Å². The van der Waals surface area contributed by atoms with Crippen LogP contribution in [0, 0.1) is 0 Å². The van der Waals surface area contributed by atoms with Gasteiger partial charge in [0.05, 0.1) is 22.4 Å². The third-order valence-electron chi connectivity index (χ3n) is 9.19. The molecule has 42 heavy (non-hydrogen) atoms. The van der Waals surface area contributed by atoms with Gasteiger partial charge in [-0.05, 0) is 79.0 Å². The Morgan fingerprint density at radius 2 is 1.36 bits per heavy atom. The van der Waals surface area contributed by atoms with Crippen molar-refractivity contribution in [1.29, 1.82) is 0 Å². The molecule has 4 heteroatoms. The summed E-state index contributed by atoms with van der Waals surface area (Å²) >= 11 is 0. The van der Waals surface area contributed by atoms with Crippen molar-refractivity contribution in [2.24, 2.45) is 0 Å². The Kier molecular flexibility index (Phi) is 5.24. The van der Waals surface area contributed by atoms with Gasteiger partial charge in [0.1, 0.15) is 5.58 Å². The lowest BCUT2D eigenvalue weighted by Crippen LogP contribution is -2.09. The molecule has 6 aromatic rings. The molecule has 0 unspecified atom stereocenters. The molecule has 3 aromatic heterocycles. The maximum absolute atomic E-state index is 6.61. The van der Waals surface area contributed by atoms with Crippen LogP contribution < -0.4 is 0 Å². The van der Waals surface area contributed by atoms with Crippen molar-refractivity contribution in [3.63, 3.8) is 0 Å². The van der Waals surface area contributed by atoms with Gasteiger partial charge in [0.2, 0.25) is 5.95 Å². The Balaban J connectivity index is 1.28. The number of furan rings is 1. The van der Waals surface area contributed by atoms with Crippen LogP contribution in [-0.2, 0) is 12.8 Å². The van der Waals surface area contributed by atoms with Crippen LogP contribution in [0.15, 0.2) is 119 Å². The van der Waals surface area contributed by atoms with Crippen LogP contribution in [0.1, 0.15) is 42.5 Å². The van der Waals surface area contributed by atoms with Crippen molar-refractivity contribution in [2.75, 3.05) is 0 Å². The van der Waals surface area contributed by atoms with E-state index in [1.165, 1.54) is 38.6 Å². The van der Waals surface area contributed by atoms with Gasteiger partial charge in [0.25, 0.3) is 0 Å². The van der Waals surface area contributed by atoms with Crippen molar-refractivity contribution in [3.05, 3.63) is 131 Å². The maximum Gasteiger partial charge on any atom is 0.235 e. The monoisotopic (exact) mass is 543 g/mol. The van der Waals surface area contributed by atoms with E-state index in [0.29, 0.717) is 5.95 Å². The minimum atomic E-state index is 0.699. The third-order valence-corrected chi connectivity index (χ3v) is 9.19. The predicted octanol–water partition coefficient (Wildman–Crippen LogP) is 9.47. The molecule has 0 aliphatic heterocycles. The molecule has 0 N–H and O–H groups in total. The van der Waals surface area contributed by atoms with Gasteiger partial charge in [0, 0.05) is 21.7 Å². The predicted molar refractivity (Wildman–Crippen MR) is 171 cm³/mol. The lowest BCUT2D eigenvalue weighted by Gasteiger charge is -2.20. The number of hydrogen-bond donors (Lipinski definition) is 0. The number of para-hydroxylation sites is 3. The van der Waals surface area contributed by atoms with E-state index < -0.39 is 0 Å². The van der Waals surface area contributed by atoms with Gasteiger partial charge in [-0.3, -0.25) is 4.57 Å². The first-order valence-corrected chi connectivity index (χ1v) is 15.0. The maximum atomic E-state index is 6.61. The second kappa shape index (κ2) is 9.28. The fourth-order valence-corrected chi connectivity index (χ4v) is 7.18. The first-order valence-electron chi connectivity index (χ1n) is 15.0. The summed E-state index contributed by atoms with van der Waals surface area (Å²) in [5.74, 6) is 1.65. The molecule has 0 fully saturated rings. The zero-order chi connectivity index (χ0) is 27.6. The standard InChI is InChI=1S/C38H29N3O/c1-2-10-24(11-3-1)25-18-20-26(21-19-25)35-31-14-4-7-15-32(31)39-38(40-35)41-33-16-8-5-12-27(33)29-22-23-30-28-13-6-9-17-34(28)42-37(30)36(29)41/h1-2,4-10,12-18,20H,3,11,19,21-23H2. The molecular formula is C38H29N3O. The lowest BCUT2D eigenvalue weighted by atomic mass is 9.88. The average Bonchev–Trinajstić information content (AvgIpc) is 3.61. The summed E-state index contributed by atoms with van der Waals surface area (Å²) in [5.41, 5.74) is 11.9. The topological polar surface area (TPSA) is 43.9 Å². The molecule has 0 bridgehead atoms. The number of nitrogens with zero attached hydrogens (tertiary/aromatic N) is 3. The molecule has 0 atom stereocenters. The van der Waals surface area contributed by atoms with Gasteiger partial charge in [0.15, 0.2) is 5.76 Å². The second-order valence-corrected chi connectivity index (χ2v) is 11.5. The zero-order valence-corrected chi connectivity index (χ0v) is 23.3. The number of fused-ring (bicyclic) bond motifs is 8. The Bertz CT molecular complexity index is 2200. The number of hydrogen-bond acceptors (Lipinski definition) is 3. The summed E-state index contributed by atoms with van der Waals surface area (Å²) < 4.78 is 8.86. The molecule has 4 nitrogen and oxygen atoms in total. The van der Waals surface area contributed by atoms with Crippen LogP contribution in [0.3, 0.4) is 0 Å². The molecule has 9 rings (SSSR count). The van der Waals surface area contributed by atoms with Gasteiger partial charge in [-0.25, -0.2) is 9.97 Å². The zero-order valence-electron chi connectivity index (χ0n) is 23.3. The first-order chi connectivity index (χ1) is 20.8. The minimum Gasteiger partial charge on any atom is -0.454 e. The van der Waals surface area contributed by atoms with E-state index in [1.54, 1.807) is 0 Å². The first kappa shape index (κ1) is 23.7. The van der Waals surface area contributed by atoms with Gasteiger partial charge < -0.3 is 4.42 Å². The summed E-state index contributed by atoms with van der Waals surface area (Å²) in [6.07, 6.45) is 17.5. The molecule has 202 valence electrons. The van der Waals surface area contributed by atoms with E-state index in [4.69, 9.17) is 14.4 Å². The molecule has 3 aliphatic rings. The Hall–Kier alpha value is -4.96. The van der Waals surface area contributed by atoms with Gasteiger partial charge in [-0.2, -0.15) is 0 Å². The Morgan fingerprint density at radius 3 is 2.21 bits per heavy atom. The largest absolute Gasteiger partial charge is 0.454 e. The number of aromatic nitrogens is 3. The van der Waals surface area contributed by atoms with Crippen molar-refractivity contribution in [1.82, 2.24) is 14.5 Å². The molecular weight excluding hydrogens is 514 g/mol. The van der Waals surface area contributed by atoms with Gasteiger partial charge in [-0.1, -0.05) is 85.0 Å². The summed E-state index contributed by atoms with van der Waals surface area (Å²) in [4.78, 5) is 10.6. The molecule has 0 saturated carbocycles. The Labute approximate surface area is 244 Å². The molecule has 0 amide bonds. The molecule has 0 spiro atoms. The molecule has 3 heterocycles. The number of benzene rings is 3. The summed E-state index contributed by atoms with van der Waals surface area (Å²) in [6, 6.07) is 25.5. The highest BCUT2D eigenvalue weighted by Gasteiger charge is 2.31. The lowest BCUT2D eigenvalue weighted by molar-refractivity contribution is 0.615. The van der Waals surface area contributed by atoms with Crippen LogP contribution in [0.5, 0.6) is 0 Å². The summed E-state index contributed by atoms with van der Waals surface area (Å²) in [7, 11) is 0. The summed E-state index contributed by atoms with van der Waals surface area (Å²) in [5, 5.41) is 3.55. The van der Waals surface area contributed by atoms with E-state index in [9.17, 15) is 0 Å². The normalized spacial score (nSPS) is 16.3. The quantitative estimate of drug-likeness (QED) is 0.223. The van der Waals surface area contributed by atoms with Crippen molar-refractivity contribution in [2.45, 2.75) is 38.5 Å². The van der Waals surface area contributed by atoms with Gasteiger partial charge >= 0.3 is 0 Å². The van der Waals surface area contributed by atoms with E-state index in [0.717, 1.165) is 77.7 Å². The van der Waals surface area contributed by atoms with E-state index >= 15 is 0 Å². The molecule has 0 saturated heterocycles. The fourth-order valence-electron chi connectivity index (χ4n) is 7.18. The van der Waals surface area contributed by atoms with Crippen molar-refractivity contribution >= 4 is 38.3 Å². The van der Waals surface area contributed by atoms with Crippen LogP contribution in [-0.4, -0.2) is 14.5 Å². The van der Waals surface area contributed by atoms with Crippen molar-refractivity contribution < 1.29 is 4.42 Å². The third kappa shape index (κ3) is 3.54. The van der Waals surface area contributed by atoms with Crippen molar-refractivity contribution in [3.8, 4) is 17.4 Å². The average molecular weight is 544 g/mol. The number of aryl methyl sites for hydroxylation is 2. The SMILES string of the molecule is C1=CCCC(C2=CC=C(c3nc(-n4c5c(c6ccccc64)CCc4c-5oc5ccccc45)nc4ccccc34)CC2)=C1. The fraction of sp³-hybridized carbons (Fsp3) is 0.158. The smallest absolute Gasteiger partial charge is 0.235 e. The van der Waals surface area contributed by atoms with Crippen LogP contribution in [0.4, 0.5) is 0 Å². The molecule has 3 aliphatic carbocycles. The highest BCUT2D eigenvalue weighted by Crippen LogP contribution is 2.45. The minimum absolute atomic E-state index is 0.699. The van der Waals surface area contributed by atoms with E-state index in [-0.39, 0.29) is 0 Å². The highest BCUT2D eigenvalue weighted by atomic mass is 16.3. The van der Waals surface area contributed by atoms with E-state index in [1.807, 2.05) is 6.07 Å². The molecule has 3 aromatic carbocycles. The number of allylic oxidation sites excluding steroid dienone is 8. The van der Waals surface area contributed by atoms with Crippen LogP contribution in [0.25, 0.3) is 55.8 Å².